The number of hydrogen-bond donors (Lipinski definition) is 2. The molecule has 2 aliphatic rings. The molecular weight excluding hydrogens is 342 g/mol. The van der Waals surface area contributed by atoms with Gasteiger partial charge in [-0.3, -0.25) is 14.5 Å². The van der Waals surface area contributed by atoms with E-state index in [9.17, 15) is 9.59 Å². The molecule has 3 aromatic rings. The van der Waals surface area contributed by atoms with Gasteiger partial charge in [0.1, 0.15) is 11.4 Å². The van der Waals surface area contributed by atoms with Crippen molar-refractivity contribution in [3.05, 3.63) is 71.0 Å². The number of aromatic amines is 1. The van der Waals surface area contributed by atoms with Crippen molar-refractivity contribution in [2.75, 3.05) is 14.2 Å². The number of carbonyl (C=O) groups excluding carboxylic acids is 2. The molecular formula is C21H17N3O3. The minimum Gasteiger partial charge on any atom is -0.496 e. The van der Waals surface area contributed by atoms with E-state index in [1.807, 2.05) is 42.5 Å². The summed E-state index contributed by atoms with van der Waals surface area (Å²) in [5.74, 6) is 0.0852. The summed E-state index contributed by atoms with van der Waals surface area (Å²) < 4.78 is 5.65. The normalized spacial score (nSPS) is 18.6. The number of amides is 2. The van der Waals surface area contributed by atoms with Crippen molar-refractivity contribution in [2.24, 2.45) is 0 Å². The summed E-state index contributed by atoms with van der Waals surface area (Å²) in [7, 11) is 3.14. The van der Waals surface area contributed by atoms with Crippen LogP contribution < -0.4 is 10.1 Å². The van der Waals surface area contributed by atoms with Gasteiger partial charge in [-0.2, -0.15) is 0 Å². The molecule has 0 bridgehead atoms. The first-order valence-electron chi connectivity index (χ1n) is 8.68. The maximum atomic E-state index is 12.8. The minimum absolute atomic E-state index is 0.300. The molecule has 0 spiro atoms. The topological polar surface area (TPSA) is 74.4 Å². The Morgan fingerprint density at radius 3 is 2.56 bits per heavy atom. The van der Waals surface area contributed by atoms with Crippen molar-refractivity contribution < 1.29 is 14.3 Å². The third-order valence-electron chi connectivity index (χ3n) is 5.33. The van der Waals surface area contributed by atoms with Crippen molar-refractivity contribution in [2.45, 2.75) is 6.04 Å². The highest BCUT2D eigenvalue weighted by Crippen LogP contribution is 2.44. The number of carbonyl (C=O) groups is 2. The number of ether oxygens (including phenoxy) is 1. The Morgan fingerprint density at radius 2 is 1.81 bits per heavy atom. The van der Waals surface area contributed by atoms with Gasteiger partial charge in [0.2, 0.25) is 0 Å². The lowest BCUT2D eigenvalue weighted by atomic mass is 9.93. The molecule has 3 heterocycles. The number of imide groups is 1. The van der Waals surface area contributed by atoms with Crippen LogP contribution >= 0.6 is 0 Å². The molecule has 0 saturated heterocycles. The fourth-order valence-electron chi connectivity index (χ4n) is 4.03. The Morgan fingerprint density at radius 1 is 1.04 bits per heavy atom. The molecule has 0 aliphatic carbocycles. The number of nitrogens with zero attached hydrogens (tertiary/aromatic N) is 1. The van der Waals surface area contributed by atoms with E-state index in [1.54, 1.807) is 13.3 Å². The molecule has 1 unspecified atom stereocenters. The van der Waals surface area contributed by atoms with Gasteiger partial charge in [0.05, 0.1) is 18.7 Å². The van der Waals surface area contributed by atoms with E-state index >= 15 is 0 Å². The van der Waals surface area contributed by atoms with Crippen molar-refractivity contribution >= 4 is 28.3 Å². The monoisotopic (exact) mass is 359 g/mol. The van der Waals surface area contributed by atoms with E-state index in [0.717, 1.165) is 32.5 Å². The second-order valence-electron chi connectivity index (χ2n) is 6.71. The van der Waals surface area contributed by atoms with Gasteiger partial charge in [0.15, 0.2) is 0 Å². The van der Waals surface area contributed by atoms with Gasteiger partial charge in [-0.05, 0) is 17.7 Å². The van der Waals surface area contributed by atoms with Crippen LogP contribution in [-0.4, -0.2) is 35.9 Å². The van der Waals surface area contributed by atoms with Crippen LogP contribution in [0.5, 0.6) is 5.75 Å². The minimum atomic E-state index is -0.324. The maximum absolute atomic E-state index is 12.8. The molecule has 1 aromatic heterocycles. The first-order chi connectivity index (χ1) is 13.1. The Labute approximate surface area is 155 Å². The average Bonchev–Trinajstić information content (AvgIpc) is 3.15. The number of fused-ring (bicyclic) bond motifs is 1. The Hall–Kier alpha value is -3.54. The van der Waals surface area contributed by atoms with Crippen molar-refractivity contribution in [1.29, 1.82) is 0 Å². The lowest BCUT2D eigenvalue weighted by Gasteiger charge is -2.23. The van der Waals surface area contributed by atoms with Crippen LogP contribution in [0.4, 0.5) is 0 Å². The highest BCUT2D eigenvalue weighted by Gasteiger charge is 2.42. The molecule has 2 aromatic carbocycles. The second-order valence-corrected chi connectivity index (χ2v) is 6.71. The maximum Gasteiger partial charge on any atom is 0.277 e. The highest BCUT2D eigenvalue weighted by molar-refractivity contribution is 6.37. The van der Waals surface area contributed by atoms with Crippen LogP contribution in [0.2, 0.25) is 0 Å². The van der Waals surface area contributed by atoms with Crippen molar-refractivity contribution in [1.82, 2.24) is 15.2 Å². The fourth-order valence-corrected chi connectivity index (χ4v) is 4.03. The van der Waals surface area contributed by atoms with Gasteiger partial charge in [-0.15, -0.1) is 0 Å². The zero-order valence-electron chi connectivity index (χ0n) is 14.9. The van der Waals surface area contributed by atoms with E-state index in [0.29, 0.717) is 17.0 Å². The first-order valence-corrected chi connectivity index (χ1v) is 8.68. The van der Waals surface area contributed by atoms with E-state index in [2.05, 4.69) is 10.3 Å². The molecule has 0 saturated carbocycles. The molecule has 0 fully saturated rings. The largest absolute Gasteiger partial charge is 0.496 e. The fraction of sp³-hybridized carbons (Fsp3) is 0.143. The molecule has 6 nitrogen and oxygen atoms in total. The van der Waals surface area contributed by atoms with Crippen LogP contribution in [0.1, 0.15) is 22.7 Å². The molecule has 134 valence electrons. The molecule has 6 heteroatoms. The summed E-state index contributed by atoms with van der Waals surface area (Å²) in [6.45, 7) is 0. The summed E-state index contributed by atoms with van der Waals surface area (Å²) in [4.78, 5) is 30.0. The van der Waals surface area contributed by atoms with Crippen molar-refractivity contribution in [3.8, 4) is 5.75 Å². The SMILES string of the molecule is COc1ccc2[nH]cc3c2c1C(c1ccccc1)NC1=C3C(=O)N(C)C1=O. The van der Waals surface area contributed by atoms with Crippen molar-refractivity contribution in [3.63, 3.8) is 0 Å². The van der Waals surface area contributed by atoms with E-state index in [-0.39, 0.29) is 17.9 Å². The number of rotatable bonds is 2. The van der Waals surface area contributed by atoms with E-state index in [1.165, 1.54) is 7.05 Å². The summed E-state index contributed by atoms with van der Waals surface area (Å²) in [5, 5.41) is 4.25. The van der Waals surface area contributed by atoms with Crippen LogP contribution in [-0.2, 0) is 9.59 Å². The van der Waals surface area contributed by atoms with Gasteiger partial charge in [-0.1, -0.05) is 30.3 Å². The smallest absolute Gasteiger partial charge is 0.277 e. The number of H-pyrrole nitrogens is 1. The predicted molar refractivity (Wildman–Crippen MR) is 101 cm³/mol. The lowest BCUT2D eigenvalue weighted by Crippen LogP contribution is -2.32. The molecule has 2 amide bonds. The summed E-state index contributed by atoms with van der Waals surface area (Å²) >= 11 is 0. The molecule has 5 rings (SSSR count). The number of aromatic nitrogens is 1. The van der Waals surface area contributed by atoms with Gasteiger partial charge in [-0.25, -0.2) is 0 Å². The molecule has 0 radical (unpaired) electrons. The highest BCUT2D eigenvalue weighted by atomic mass is 16.5. The Balaban J connectivity index is 1.89. The third kappa shape index (κ3) is 2.01. The number of hydrogen-bond acceptors (Lipinski definition) is 4. The quantitative estimate of drug-likeness (QED) is 0.690. The van der Waals surface area contributed by atoms with Crippen LogP contribution in [0.3, 0.4) is 0 Å². The van der Waals surface area contributed by atoms with Gasteiger partial charge < -0.3 is 15.0 Å². The van der Waals surface area contributed by atoms with Gasteiger partial charge >= 0.3 is 0 Å². The molecule has 27 heavy (non-hydrogen) atoms. The molecule has 2 aliphatic heterocycles. The average molecular weight is 359 g/mol. The third-order valence-corrected chi connectivity index (χ3v) is 5.33. The zero-order valence-corrected chi connectivity index (χ0v) is 14.9. The predicted octanol–water partition coefficient (Wildman–Crippen LogP) is 2.58. The van der Waals surface area contributed by atoms with E-state index in [4.69, 9.17) is 4.74 Å². The lowest BCUT2D eigenvalue weighted by molar-refractivity contribution is -0.135. The molecule has 2 N–H and O–H groups in total. The number of likely N-dealkylation sites (N-methyl/N-ethyl adjacent to an activating group) is 1. The van der Waals surface area contributed by atoms with Gasteiger partial charge in [0, 0.05) is 35.3 Å². The molecule has 1 atom stereocenters. The second kappa shape index (κ2) is 5.48. The van der Waals surface area contributed by atoms with E-state index < -0.39 is 0 Å². The standard InChI is InChI=1S/C21H17N3O3/c1-24-20(25)16-12-10-22-13-8-9-14(27-2)17(15(12)13)18(23-19(16)21(24)26)11-6-4-3-5-7-11/h3-10,18,22-23H,1-2H3. The number of nitrogens with one attached hydrogen (secondary N) is 2. The van der Waals surface area contributed by atoms with Gasteiger partial charge in [0.25, 0.3) is 11.8 Å². The summed E-state index contributed by atoms with van der Waals surface area (Å²) in [6.07, 6.45) is 1.79. The van der Waals surface area contributed by atoms with Crippen LogP contribution in [0, 0.1) is 0 Å². The number of benzene rings is 2. The number of methoxy groups -OCH3 is 1. The van der Waals surface area contributed by atoms with Crippen LogP contribution in [0.25, 0.3) is 16.5 Å². The summed E-state index contributed by atoms with van der Waals surface area (Å²) in [6, 6.07) is 13.4. The Kier molecular flexibility index (Phi) is 3.18. The summed E-state index contributed by atoms with van der Waals surface area (Å²) in [5.41, 5.74) is 4.25. The van der Waals surface area contributed by atoms with Crippen LogP contribution in [0.15, 0.2) is 54.4 Å². The Bertz CT molecular complexity index is 1140. The zero-order chi connectivity index (χ0) is 18.7. The first kappa shape index (κ1) is 15.7.